The molecule has 1 aromatic rings. The second-order valence-electron chi connectivity index (χ2n) is 3.27. The van der Waals surface area contributed by atoms with E-state index in [-0.39, 0.29) is 12.3 Å². The summed E-state index contributed by atoms with van der Waals surface area (Å²) in [5, 5.41) is 19.4. The maximum Gasteiger partial charge on any atom is 0.288 e. The molecule has 0 amide bonds. The van der Waals surface area contributed by atoms with Gasteiger partial charge in [-0.1, -0.05) is 11.8 Å². The Morgan fingerprint density at radius 2 is 2.29 bits per heavy atom. The number of hydrogen-bond donors (Lipinski definition) is 1. The first-order valence-electron chi connectivity index (χ1n) is 5.11. The lowest BCUT2D eigenvalue weighted by Crippen LogP contribution is -1.93. The minimum atomic E-state index is -0.488. The number of ether oxygens (including phenoxy) is 1. The third kappa shape index (κ3) is 3.78. The molecule has 0 fully saturated rings. The minimum absolute atomic E-state index is 0.0687. The molecule has 5 nitrogen and oxygen atoms in total. The van der Waals surface area contributed by atoms with Gasteiger partial charge in [-0.3, -0.25) is 10.1 Å². The summed E-state index contributed by atoms with van der Waals surface area (Å²) < 4.78 is 4.92. The Hall–Kier alpha value is -2.06. The average molecular weight is 235 g/mol. The molecule has 0 spiro atoms. The molecular weight excluding hydrogens is 222 g/mol. The van der Waals surface area contributed by atoms with Gasteiger partial charge >= 0.3 is 0 Å². The van der Waals surface area contributed by atoms with E-state index in [1.807, 2.05) is 0 Å². The summed E-state index contributed by atoms with van der Waals surface area (Å²) >= 11 is 0. The van der Waals surface area contributed by atoms with Gasteiger partial charge in [0.05, 0.1) is 18.1 Å². The fourth-order valence-corrected chi connectivity index (χ4v) is 1.22. The van der Waals surface area contributed by atoms with Gasteiger partial charge in [-0.2, -0.15) is 0 Å². The molecule has 0 saturated heterocycles. The van der Waals surface area contributed by atoms with Crippen LogP contribution in [0.4, 0.5) is 5.69 Å². The van der Waals surface area contributed by atoms with Crippen molar-refractivity contribution in [1.29, 1.82) is 0 Å². The third-order valence-electron chi connectivity index (χ3n) is 2.08. The minimum Gasteiger partial charge on any atom is -0.497 e. The van der Waals surface area contributed by atoms with Crippen LogP contribution in [-0.4, -0.2) is 23.7 Å². The molecule has 0 radical (unpaired) electrons. The zero-order chi connectivity index (χ0) is 12.7. The summed E-state index contributed by atoms with van der Waals surface area (Å²) in [5.74, 6) is 5.93. The number of hydrogen-bond acceptors (Lipinski definition) is 4. The molecule has 0 heterocycles. The van der Waals surface area contributed by atoms with Crippen molar-refractivity contribution < 1.29 is 14.8 Å². The molecule has 5 heteroatoms. The Morgan fingerprint density at radius 1 is 1.53 bits per heavy atom. The Morgan fingerprint density at radius 3 is 2.88 bits per heavy atom. The van der Waals surface area contributed by atoms with Gasteiger partial charge in [0.25, 0.3) is 5.69 Å². The van der Waals surface area contributed by atoms with Crippen molar-refractivity contribution in [3.63, 3.8) is 0 Å². The smallest absolute Gasteiger partial charge is 0.288 e. The third-order valence-corrected chi connectivity index (χ3v) is 2.08. The number of benzene rings is 1. The number of aliphatic hydroxyl groups excluding tert-OH is 1. The second-order valence-corrected chi connectivity index (χ2v) is 3.27. The predicted molar refractivity (Wildman–Crippen MR) is 62.8 cm³/mol. The van der Waals surface area contributed by atoms with Crippen LogP contribution in [-0.2, 0) is 0 Å². The van der Waals surface area contributed by atoms with Gasteiger partial charge in [-0.25, -0.2) is 0 Å². The Balaban J connectivity index is 2.97. The van der Waals surface area contributed by atoms with Gasteiger partial charge < -0.3 is 9.84 Å². The van der Waals surface area contributed by atoms with Crippen LogP contribution in [0.5, 0.6) is 5.75 Å². The van der Waals surface area contributed by atoms with Gasteiger partial charge in [0.2, 0.25) is 0 Å². The number of nitro groups is 1. The van der Waals surface area contributed by atoms with Crippen molar-refractivity contribution in [2.24, 2.45) is 0 Å². The van der Waals surface area contributed by atoms with Gasteiger partial charge in [0.1, 0.15) is 11.3 Å². The van der Waals surface area contributed by atoms with Gasteiger partial charge in [-0.05, 0) is 18.6 Å². The standard InChI is InChI=1S/C12H13NO4/c1-17-11-7-6-10(5-3-2-4-8-14)12(9-11)13(15)16/h6-7,9,14H,2,4,8H2,1H3. The monoisotopic (exact) mass is 235 g/mol. The van der Waals surface area contributed by atoms with E-state index >= 15 is 0 Å². The van der Waals surface area contributed by atoms with Crippen molar-refractivity contribution in [2.75, 3.05) is 13.7 Å². The Bertz CT molecular complexity index is 459. The van der Waals surface area contributed by atoms with E-state index in [0.717, 1.165) is 0 Å². The fraction of sp³-hybridized carbons (Fsp3) is 0.333. The van der Waals surface area contributed by atoms with Crippen LogP contribution in [0.1, 0.15) is 18.4 Å². The Kier molecular flexibility index (Phi) is 4.98. The first kappa shape index (κ1) is 13.0. The van der Waals surface area contributed by atoms with Crippen LogP contribution in [0.2, 0.25) is 0 Å². The number of aliphatic hydroxyl groups is 1. The first-order valence-corrected chi connectivity index (χ1v) is 5.11. The molecule has 0 aliphatic heterocycles. The van der Waals surface area contributed by atoms with E-state index in [4.69, 9.17) is 9.84 Å². The lowest BCUT2D eigenvalue weighted by atomic mass is 10.1. The van der Waals surface area contributed by atoms with E-state index in [1.165, 1.54) is 13.2 Å². The molecule has 0 aromatic heterocycles. The molecule has 0 atom stereocenters. The molecule has 0 saturated carbocycles. The van der Waals surface area contributed by atoms with Gasteiger partial charge in [0.15, 0.2) is 0 Å². The van der Waals surface area contributed by atoms with Gasteiger partial charge in [-0.15, -0.1) is 0 Å². The number of nitro benzene ring substituents is 1. The molecule has 17 heavy (non-hydrogen) atoms. The predicted octanol–water partition coefficient (Wildman–Crippen LogP) is 1.73. The maximum absolute atomic E-state index is 10.8. The molecule has 90 valence electrons. The van der Waals surface area contributed by atoms with Crippen LogP contribution < -0.4 is 4.74 Å². The highest BCUT2D eigenvalue weighted by molar-refractivity contribution is 5.54. The van der Waals surface area contributed by atoms with E-state index in [9.17, 15) is 10.1 Å². The van der Waals surface area contributed by atoms with E-state index in [2.05, 4.69) is 11.8 Å². The SMILES string of the molecule is COc1ccc(C#CCCCO)c([N+](=O)[O-])c1. The summed E-state index contributed by atoms with van der Waals surface area (Å²) in [4.78, 5) is 10.3. The van der Waals surface area contributed by atoms with E-state index in [0.29, 0.717) is 24.2 Å². The zero-order valence-corrected chi connectivity index (χ0v) is 9.47. The molecule has 0 unspecified atom stereocenters. The zero-order valence-electron chi connectivity index (χ0n) is 9.47. The van der Waals surface area contributed by atoms with Crippen molar-refractivity contribution in [1.82, 2.24) is 0 Å². The van der Waals surface area contributed by atoms with Crippen molar-refractivity contribution in [2.45, 2.75) is 12.8 Å². The highest BCUT2D eigenvalue weighted by Crippen LogP contribution is 2.23. The molecule has 0 bridgehead atoms. The Labute approximate surface area is 99.2 Å². The number of rotatable bonds is 4. The van der Waals surface area contributed by atoms with Crippen LogP contribution in [0, 0.1) is 22.0 Å². The van der Waals surface area contributed by atoms with Crippen LogP contribution in [0.3, 0.4) is 0 Å². The topological polar surface area (TPSA) is 72.6 Å². The van der Waals surface area contributed by atoms with E-state index < -0.39 is 4.92 Å². The summed E-state index contributed by atoms with van der Waals surface area (Å²) in [5.41, 5.74) is 0.287. The number of methoxy groups -OCH3 is 1. The average Bonchev–Trinajstić information content (AvgIpc) is 2.34. The van der Waals surface area contributed by atoms with Crippen molar-refractivity contribution >= 4 is 5.69 Å². The van der Waals surface area contributed by atoms with Gasteiger partial charge in [0, 0.05) is 13.0 Å². The summed E-state index contributed by atoms with van der Waals surface area (Å²) in [6.07, 6.45) is 1.08. The van der Waals surface area contributed by atoms with Crippen LogP contribution in [0.25, 0.3) is 0 Å². The van der Waals surface area contributed by atoms with Crippen LogP contribution >= 0.6 is 0 Å². The summed E-state index contributed by atoms with van der Waals surface area (Å²) in [7, 11) is 1.45. The summed E-state index contributed by atoms with van der Waals surface area (Å²) in [6.45, 7) is 0.0688. The quantitative estimate of drug-likeness (QED) is 0.373. The lowest BCUT2D eigenvalue weighted by molar-refractivity contribution is -0.385. The molecule has 0 aliphatic carbocycles. The molecule has 0 aliphatic rings. The molecular formula is C12H13NO4. The number of unbranched alkanes of at least 4 members (excludes halogenated alkanes) is 1. The van der Waals surface area contributed by atoms with Crippen molar-refractivity contribution in [3.05, 3.63) is 33.9 Å². The molecule has 1 rings (SSSR count). The highest BCUT2D eigenvalue weighted by atomic mass is 16.6. The first-order chi connectivity index (χ1) is 8.19. The summed E-state index contributed by atoms with van der Waals surface area (Å²) in [6, 6.07) is 4.53. The van der Waals surface area contributed by atoms with Crippen molar-refractivity contribution in [3.8, 4) is 17.6 Å². The highest BCUT2D eigenvalue weighted by Gasteiger charge is 2.12. The molecule has 1 aromatic carbocycles. The fourth-order valence-electron chi connectivity index (χ4n) is 1.22. The molecule has 1 N–H and O–H groups in total. The maximum atomic E-state index is 10.8. The largest absolute Gasteiger partial charge is 0.497 e. The lowest BCUT2D eigenvalue weighted by Gasteiger charge is -2.00. The van der Waals surface area contributed by atoms with E-state index in [1.54, 1.807) is 12.1 Å². The normalized spacial score (nSPS) is 9.29. The number of nitrogens with zero attached hydrogens (tertiary/aromatic N) is 1. The van der Waals surface area contributed by atoms with Crippen LogP contribution in [0.15, 0.2) is 18.2 Å². The second kappa shape index (κ2) is 6.51.